The van der Waals surface area contributed by atoms with Crippen molar-refractivity contribution in [1.82, 2.24) is 5.32 Å². The number of hydrogen-bond donors (Lipinski definition) is 3. The number of nitrogens with one attached hydrogen (secondary N) is 2. The number of carbonyl (C=O) groups excluding carboxylic acids is 2. The highest BCUT2D eigenvalue weighted by Gasteiger charge is 2.15. The summed E-state index contributed by atoms with van der Waals surface area (Å²) >= 11 is 0. The van der Waals surface area contributed by atoms with Crippen molar-refractivity contribution in [3.05, 3.63) is 29.8 Å². The van der Waals surface area contributed by atoms with E-state index in [4.69, 9.17) is 5.73 Å². The lowest BCUT2D eigenvalue weighted by Gasteiger charge is -2.10. The molecule has 0 heterocycles. The molecule has 1 aliphatic carbocycles. The molecular weight excluding hydrogens is 254 g/mol. The van der Waals surface area contributed by atoms with Gasteiger partial charge in [-0.05, 0) is 30.5 Å². The summed E-state index contributed by atoms with van der Waals surface area (Å²) in [6.07, 6.45) is 6.26. The predicted molar refractivity (Wildman–Crippen MR) is 78.6 cm³/mol. The standard InChI is InChI=1S/C15H21N3O2/c16-15(20)18-13-7-3-6-12(10-13)14(19)17-9-8-11-4-1-2-5-11/h3,6-7,10-11H,1-2,4-5,8-9H2,(H,17,19)(H3,16,18,20). The Morgan fingerprint density at radius 1 is 1.25 bits per heavy atom. The van der Waals surface area contributed by atoms with Gasteiger partial charge in [0.25, 0.3) is 5.91 Å². The summed E-state index contributed by atoms with van der Waals surface area (Å²) in [5, 5.41) is 5.38. The Kier molecular flexibility index (Phi) is 4.98. The van der Waals surface area contributed by atoms with Gasteiger partial charge >= 0.3 is 6.03 Å². The van der Waals surface area contributed by atoms with Crippen LogP contribution in [-0.4, -0.2) is 18.5 Å². The van der Waals surface area contributed by atoms with Crippen LogP contribution in [-0.2, 0) is 0 Å². The Morgan fingerprint density at radius 3 is 2.70 bits per heavy atom. The molecule has 1 aromatic rings. The SMILES string of the molecule is NC(=O)Nc1cccc(C(=O)NCCC2CCCC2)c1. The van der Waals surface area contributed by atoms with E-state index in [-0.39, 0.29) is 5.91 Å². The van der Waals surface area contributed by atoms with E-state index in [9.17, 15) is 9.59 Å². The second-order valence-corrected chi connectivity index (χ2v) is 5.27. The first-order chi connectivity index (χ1) is 9.65. The Morgan fingerprint density at radius 2 is 2.00 bits per heavy atom. The molecule has 0 saturated heterocycles. The molecule has 1 aliphatic rings. The molecular formula is C15H21N3O2. The van der Waals surface area contributed by atoms with Crippen molar-refractivity contribution in [1.29, 1.82) is 0 Å². The lowest BCUT2D eigenvalue weighted by Crippen LogP contribution is -2.26. The van der Waals surface area contributed by atoms with Gasteiger partial charge in [0, 0.05) is 17.8 Å². The quantitative estimate of drug-likeness (QED) is 0.771. The van der Waals surface area contributed by atoms with E-state index in [1.54, 1.807) is 24.3 Å². The van der Waals surface area contributed by atoms with Crippen LogP contribution in [0.4, 0.5) is 10.5 Å². The van der Waals surface area contributed by atoms with Crippen molar-refractivity contribution in [2.75, 3.05) is 11.9 Å². The summed E-state index contributed by atoms with van der Waals surface area (Å²) in [4.78, 5) is 22.8. The van der Waals surface area contributed by atoms with E-state index in [0.29, 0.717) is 17.8 Å². The molecule has 5 heteroatoms. The molecule has 108 valence electrons. The van der Waals surface area contributed by atoms with E-state index >= 15 is 0 Å². The number of benzene rings is 1. The Balaban J connectivity index is 1.83. The summed E-state index contributed by atoms with van der Waals surface area (Å²) in [5.74, 6) is 0.647. The highest BCUT2D eigenvalue weighted by molar-refractivity contribution is 5.96. The fraction of sp³-hybridized carbons (Fsp3) is 0.467. The molecule has 1 aromatic carbocycles. The number of hydrogen-bond acceptors (Lipinski definition) is 2. The zero-order chi connectivity index (χ0) is 14.4. The molecule has 0 unspecified atom stereocenters. The Hall–Kier alpha value is -2.04. The average molecular weight is 275 g/mol. The number of urea groups is 1. The monoisotopic (exact) mass is 275 g/mol. The van der Waals surface area contributed by atoms with Crippen LogP contribution in [0.2, 0.25) is 0 Å². The predicted octanol–water partition coefficient (Wildman–Crippen LogP) is 2.49. The summed E-state index contributed by atoms with van der Waals surface area (Å²) in [7, 11) is 0. The van der Waals surface area contributed by atoms with Crippen molar-refractivity contribution >= 4 is 17.6 Å². The lowest BCUT2D eigenvalue weighted by molar-refractivity contribution is 0.0951. The molecule has 1 fully saturated rings. The fourth-order valence-corrected chi connectivity index (χ4v) is 2.67. The van der Waals surface area contributed by atoms with Gasteiger partial charge in [0.2, 0.25) is 0 Å². The van der Waals surface area contributed by atoms with E-state index in [1.807, 2.05) is 0 Å². The first-order valence-electron chi connectivity index (χ1n) is 7.10. The highest BCUT2D eigenvalue weighted by atomic mass is 16.2. The maximum Gasteiger partial charge on any atom is 0.316 e. The molecule has 0 radical (unpaired) electrons. The summed E-state index contributed by atoms with van der Waals surface area (Å²) in [6, 6.07) is 6.12. The number of rotatable bonds is 5. The zero-order valence-electron chi connectivity index (χ0n) is 11.5. The van der Waals surface area contributed by atoms with Gasteiger partial charge in [0.1, 0.15) is 0 Å². The van der Waals surface area contributed by atoms with Crippen molar-refractivity contribution in [2.24, 2.45) is 11.7 Å². The van der Waals surface area contributed by atoms with Gasteiger partial charge in [-0.3, -0.25) is 4.79 Å². The molecule has 5 nitrogen and oxygen atoms in total. The van der Waals surface area contributed by atoms with E-state index < -0.39 is 6.03 Å². The van der Waals surface area contributed by atoms with E-state index in [1.165, 1.54) is 25.7 Å². The summed E-state index contributed by atoms with van der Waals surface area (Å²) < 4.78 is 0. The molecule has 1 saturated carbocycles. The normalized spacial score (nSPS) is 15.0. The number of anilines is 1. The Labute approximate surface area is 118 Å². The van der Waals surface area contributed by atoms with Gasteiger partial charge in [-0.25, -0.2) is 4.79 Å². The van der Waals surface area contributed by atoms with Crippen LogP contribution in [0.15, 0.2) is 24.3 Å². The summed E-state index contributed by atoms with van der Waals surface area (Å²) in [5.41, 5.74) is 6.11. The number of amides is 3. The van der Waals surface area contributed by atoms with Crippen LogP contribution in [0, 0.1) is 5.92 Å². The molecule has 2 rings (SSSR count). The van der Waals surface area contributed by atoms with Crippen molar-refractivity contribution in [2.45, 2.75) is 32.1 Å². The van der Waals surface area contributed by atoms with Gasteiger partial charge in [0.05, 0.1) is 0 Å². The van der Waals surface area contributed by atoms with Gasteiger partial charge in [-0.15, -0.1) is 0 Å². The number of primary amides is 1. The van der Waals surface area contributed by atoms with Crippen LogP contribution in [0.1, 0.15) is 42.5 Å². The molecule has 0 bridgehead atoms. The van der Waals surface area contributed by atoms with Crippen molar-refractivity contribution in [3.8, 4) is 0 Å². The lowest BCUT2D eigenvalue weighted by atomic mass is 10.0. The first-order valence-corrected chi connectivity index (χ1v) is 7.10. The van der Waals surface area contributed by atoms with Crippen LogP contribution in [0.5, 0.6) is 0 Å². The molecule has 0 atom stereocenters. The van der Waals surface area contributed by atoms with Crippen LogP contribution in [0.25, 0.3) is 0 Å². The minimum absolute atomic E-state index is 0.115. The second kappa shape index (κ2) is 6.93. The number of carbonyl (C=O) groups is 2. The maximum absolute atomic E-state index is 12.0. The van der Waals surface area contributed by atoms with Crippen molar-refractivity contribution in [3.63, 3.8) is 0 Å². The summed E-state index contributed by atoms with van der Waals surface area (Å²) in [6.45, 7) is 0.705. The van der Waals surface area contributed by atoms with Gasteiger partial charge in [0.15, 0.2) is 0 Å². The molecule has 0 aromatic heterocycles. The molecule has 4 N–H and O–H groups in total. The van der Waals surface area contributed by atoms with Gasteiger partial charge < -0.3 is 16.4 Å². The number of nitrogens with two attached hydrogens (primary N) is 1. The second-order valence-electron chi connectivity index (χ2n) is 5.27. The molecule has 0 aliphatic heterocycles. The van der Waals surface area contributed by atoms with Crippen molar-refractivity contribution < 1.29 is 9.59 Å². The fourth-order valence-electron chi connectivity index (χ4n) is 2.67. The largest absolute Gasteiger partial charge is 0.352 e. The molecule has 3 amide bonds. The Bertz CT molecular complexity index is 482. The average Bonchev–Trinajstić information content (AvgIpc) is 2.91. The topological polar surface area (TPSA) is 84.2 Å². The third-order valence-electron chi connectivity index (χ3n) is 3.71. The van der Waals surface area contributed by atoms with Crippen LogP contribution < -0.4 is 16.4 Å². The molecule has 20 heavy (non-hydrogen) atoms. The van der Waals surface area contributed by atoms with Crippen LogP contribution >= 0.6 is 0 Å². The van der Waals surface area contributed by atoms with E-state index in [0.717, 1.165) is 12.3 Å². The zero-order valence-corrected chi connectivity index (χ0v) is 11.5. The third-order valence-corrected chi connectivity index (χ3v) is 3.71. The van der Waals surface area contributed by atoms with Gasteiger partial charge in [-0.2, -0.15) is 0 Å². The minimum atomic E-state index is -0.635. The third kappa shape index (κ3) is 4.26. The van der Waals surface area contributed by atoms with Gasteiger partial charge in [-0.1, -0.05) is 31.7 Å². The maximum atomic E-state index is 12.0. The first kappa shape index (κ1) is 14.4. The minimum Gasteiger partial charge on any atom is -0.352 e. The highest BCUT2D eigenvalue weighted by Crippen LogP contribution is 2.26. The smallest absolute Gasteiger partial charge is 0.316 e. The molecule has 0 spiro atoms. The van der Waals surface area contributed by atoms with E-state index in [2.05, 4.69) is 10.6 Å². The van der Waals surface area contributed by atoms with Crippen LogP contribution in [0.3, 0.4) is 0 Å².